The van der Waals surface area contributed by atoms with E-state index in [1.54, 1.807) is 12.2 Å². The molecule has 0 saturated carbocycles. The first kappa shape index (κ1) is 28.3. The summed E-state index contributed by atoms with van der Waals surface area (Å²) in [6.07, 6.45) is 5.47. The Morgan fingerprint density at radius 1 is 0.425 bits per heavy atom. The van der Waals surface area contributed by atoms with E-state index in [9.17, 15) is 9.59 Å². The normalized spacial score (nSPS) is 11.6. The first-order valence-corrected chi connectivity index (χ1v) is 13.7. The van der Waals surface area contributed by atoms with Crippen LogP contribution in [0.25, 0.3) is 0 Å². The van der Waals surface area contributed by atoms with Gasteiger partial charge in [0.25, 0.3) is 0 Å². The molecule has 4 aromatic carbocycles. The van der Waals surface area contributed by atoms with Crippen molar-refractivity contribution in [1.82, 2.24) is 10.6 Å². The van der Waals surface area contributed by atoms with Crippen LogP contribution in [0, 0.1) is 0 Å². The third-order valence-corrected chi connectivity index (χ3v) is 6.42. The van der Waals surface area contributed by atoms with Crippen LogP contribution in [-0.2, 0) is 35.3 Å². The van der Waals surface area contributed by atoms with E-state index in [1.165, 1.54) is 0 Å². The third-order valence-electron chi connectivity index (χ3n) is 6.42. The first-order chi connectivity index (χ1) is 19.6. The molecule has 2 N–H and O–H groups in total. The summed E-state index contributed by atoms with van der Waals surface area (Å²) in [5.74, 6) is 0.127. The second-order valence-corrected chi connectivity index (χ2v) is 9.77. The number of rotatable bonds is 15. The predicted molar refractivity (Wildman–Crippen MR) is 163 cm³/mol. The van der Waals surface area contributed by atoms with E-state index in [4.69, 9.17) is 0 Å². The summed E-state index contributed by atoms with van der Waals surface area (Å²) in [5.41, 5.74) is 6.03. The molecule has 0 aromatic heterocycles. The fraction of sp³-hybridized carbons (Fsp3) is 0.167. The van der Waals surface area contributed by atoms with E-state index in [2.05, 4.69) is 34.9 Å². The van der Waals surface area contributed by atoms with Gasteiger partial charge in [0.15, 0.2) is 11.6 Å². The van der Waals surface area contributed by atoms with Crippen LogP contribution in [0.5, 0.6) is 0 Å². The zero-order valence-electron chi connectivity index (χ0n) is 22.8. The molecule has 0 heterocycles. The van der Waals surface area contributed by atoms with Crippen molar-refractivity contribution in [3.63, 3.8) is 0 Å². The van der Waals surface area contributed by atoms with Crippen LogP contribution in [0.4, 0.5) is 0 Å². The van der Waals surface area contributed by atoms with Crippen molar-refractivity contribution in [3.8, 4) is 0 Å². The average molecular weight is 529 g/mol. The maximum atomic E-state index is 12.8. The molecule has 0 atom stereocenters. The number of carbonyl (C=O) groups is 2. The predicted octanol–water partition coefficient (Wildman–Crippen LogP) is 6.04. The van der Waals surface area contributed by atoms with Gasteiger partial charge >= 0.3 is 0 Å². The highest BCUT2D eigenvalue weighted by atomic mass is 16.1. The second-order valence-electron chi connectivity index (χ2n) is 9.77. The summed E-state index contributed by atoms with van der Waals surface area (Å²) >= 11 is 0. The van der Waals surface area contributed by atoms with Gasteiger partial charge in [-0.1, -0.05) is 121 Å². The zero-order chi connectivity index (χ0) is 27.8. The maximum Gasteiger partial charge on any atom is 0.161 e. The average Bonchev–Trinajstić information content (AvgIpc) is 2.97. The summed E-state index contributed by atoms with van der Waals surface area (Å²) in [5, 5.41) is 6.93. The Labute approximate surface area is 237 Å². The molecule has 4 rings (SSSR count). The van der Waals surface area contributed by atoms with Gasteiger partial charge in [-0.3, -0.25) is 9.59 Å². The number of allylic oxidation sites excluding steroid dienone is 4. The molecule has 4 nitrogen and oxygen atoms in total. The summed E-state index contributed by atoms with van der Waals surface area (Å²) < 4.78 is 0. The molecule has 0 aliphatic rings. The van der Waals surface area contributed by atoms with Gasteiger partial charge in [-0.2, -0.15) is 0 Å². The van der Waals surface area contributed by atoms with E-state index >= 15 is 0 Å². The van der Waals surface area contributed by atoms with Crippen molar-refractivity contribution < 1.29 is 9.59 Å². The number of benzene rings is 4. The molecular weight excluding hydrogens is 492 g/mol. The van der Waals surface area contributed by atoms with Crippen molar-refractivity contribution >= 4 is 11.6 Å². The van der Waals surface area contributed by atoms with E-state index in [-0.39, 0.29) is 11.6 Å². The SMILES string of the molecule is O=C(C=C(Cc1ccccc1)NCCNC(=CC(=O)Cc1ccccc1)Cc1ccccc1)Cc1ccccc1. The molecule has 0 unspecified atom stereocenters. The van der Waals surface area contributed by atoms with Gasteiger partial charge in [-0.25, -0.2) is 0 Å². The van der Waals surface area contributed by atoms with Crippen LogP contribution >= 0.6 is 0 Å². The van der Waals surface area contributed by atoms with E-state index in [0.717, 1.165) is 33.6 Å². The van der Waals surface area contributed by atoms with E-state index in [0.29, 0.717) is 38.8 Å². The van der Waals surface area contributed by atoms with Gasteiger partial charge in [0.2, 0.25) is 0 Å². The van der Waals surface area contributed by atoms with Crippen LogP contribution < -0.4 is 10.6 Å². The molecule has 0 aliphatic carbocycles. The molecule has 0 spiro atoms. The number of hydrogen-bond donors (Lipinski definition) is 2. The van der Waals surface area contributed by atoms with Crippen LogP contribution in [-0.4, -0.2) is 24.7 Å². The van der Waals surface area contributed by atoms with E-state index < -0.39 is 0 Å². The highest BCUT2D eigenvalue weighted by Gasteiger charge is 2.08. The topological polar surface area (TPSA) is 58.2 Å². The smallest absolute Gasteiger partial charge is 0.161 e. The zero-order valence-corrected chi connectivity index (χ0v) is 22.8. The summed E-state index contributed by atoms with van der Waals surface area (Å²) in [6, 6.07) is 39.9. The number of carbonyl (C=O) groups excluding carboxylic acids is 2. The fourth-order valence-corrected chi connectivity index (χ4v) is 4.49. The number of ketones is 2. The Morgan fingerprint density at radius 2 is 0.700 bits per heavy atom. The molecule has 0 bridgehead atoms. The molecule has 0 radical (unpaired) electrons. The van der Waals surface area contributed by atoms with Gasteiger partial charge in [-0.05, 0) is 22.3 Å². The lowest BCUT2D eigenvalue weighted by atomic mass is 10.1. The van der Waals surface area contributed by atoms with Gasteiger partial charge in [0.1, 0.15) is 0 Å². The van der Waals surface area contributed by atoms with E-state index in [1.807, 2.05) is 97.1 Å². The van der Waals surface area contributed by atoms with Gasteiger partial charge < -0.3 is 10.6 Å². The largest absolute Gasteiger partial charge is 0.386 e. The minimum atomic E-state index is 0.0637. The summed E-state index contributed by atoms with van der Waals surface area (Å²) in [4.78, 5) is 25.7. The Balaban J connectivity index is 1.40. The molecule has 4 heteroatoms. The van der Waals surface area contributed by atoms with Gasteiger partial charge in [-0.15, -0.1) is 0 Å². The quantitative estimate of drug-likeness (QED) is 0.146. The minimum Gasteiger partial charge on any atom is -0.386 e. The number of hydrogen-bond acceptors (Lipinski definition) is 4. The molecule has 202 valence electrons. The second kappa shape index (κ2) is 15.6. The summed E-state index contributed by atoms with van der Waals surface area (Å²) in [7, 11) is 0. The Kier molecular flexibility index (Phi) is 11.1. The van der Waals surface area contributed by atoms with Gasteiger partial charge in [0.05, 0.1) is 0 Å². The van der Waals surface area contributed by atoms with Crippen molar-refractivity contribution in [1.29, 1.82) is 0 Å². The standard InChI is InChI=1S/C36H36N2O2/c39-35(25-31-17-9-3-10-18-31)27-33(23-29-13-5-1-6-14-29)37-21-22-38-34(24-30-15-7-2-8-16-30)28-36(40)26-32-19-11-4-12-20-32/h1-20,27-28,37-38H,21-26H2. The lowest BCUT2D eigenvalue weighted by Crippen LogP contribution is -2.29. The third kappa shape index (κ3) is 10.2. The van der Waals surface area contributed by atoms with Crippen LogP contribution in [0.3, 0.4) is 0 Å². The monoisotopic (exact) mass is 528 g/mol. The molecule has 0 amide bonds. The summed E-state index contributed by atoms with van der Waals surface area (Å²) in [6.45, 7) is 1.21. The van der Waals surface area contributed by atoms with Crippen LogP contribution in [0.15, 0.2) is 145 Å². The highest BCUT2D eigenvalue weighted by Crippen LogP contribution is 2.10. The molecule has 4 aromatic rings. The van der Waals surface area contributed by atoms with Crippen molar-refractivity contribution in [2.45, 2.75) is 25.7 Å². The molecule has 40 heavy (non-hydrogen) atoms. The van der Waals surface area contributed by atoms with Crippen LogP contribution in [0.2, 0.25) is 0 Å². The van der Waals surface area contributed by atoms with Crippen molar-refractivity contribution in [2.75, 3.05) is 13.1 Å². The lowest BCUT2D eigenvalue weighted by Gasteiger charge is -2.15. The number of nitrogens with one attached hydrogen (secondary N) is 2. The highest BCUT2D eigenvalue weighted by molar-refractivity contribution is 5.92. The maximum absolute atomic E-state index is 12.8. The van der Waals surface area contributed by atoms with Crippen molar-refractivity contribution in [3.05, 3.63) is 167 Å². The fourth-order valence-electron chi connectivity index (χ4n) is 4.49. The molecular formula is C36H36N2O2. The van der Waals surface area contributed by atoms with Crippen LogP contribution in [0.1, 0.15) is 22.3 Å². The van der Waals surface area contributed by atoms with Gasteiger partial charge in [0, 0.05) is 62.3 Å². The Hall–Kier alpha value is -4.70. The first-order valence-electron chi connectivity index (χ1n) is 13.7. The minimum absolute atomic E-state index is 0.0637. The Bertz CT molecular complexity index is 1290. The molecule has 0 aliphatic heterocycles. The Morgan fingerprint density at radius 3 is 1.00 bits per heavy atom. The molecule has 0 fully saturated rings. The lowest BCUT2D eigenvalue weighted by molar-refractivity contribution is -0.114. The van der Waals surface area contributed by atoms with Crippen molar-refractivity contribution in [2.24, 2.45) is 0 Å². The molecule has 0 saturated heterocycles.